The van der Waals surface area contributed by atoms with Crippen molar-refractivity contribution in [1.82, 2.24) is 0 Å². The molecule has 0 bridgehead atoms. The third-order valence-corrected chi connectivity index (χ3v) is 4.65. The Morgan fingerprint density at radius 3 is 1.42 bits per heavy atom. The highest BCUT2D eigenvalue weighted by Gasteiger charge is 2.08. The van der Waals surface area contributed by atoms with Gasteiger partial charge in [-0.2, -0.15) is 10.5 Å². The molecule has 2 N–H and O–H groups in total. The Bertz CT molecular complexity index is 441. The predicted octanol–water partition coefficient (Wildman–Crippen LogP) is 11.1. The predicted molar refractivity (Wildman–Crippen MR) is 169 cm³/mol. The largest absolute Gasteiger partial charge is 0.405 e. The molecule has 0 saturated carbocycles. The lowest BCUT2D eigenvalue weighted by molar-refractivity contribution is 0.490. The van der Waals surface area contributed by atoms with Crippen molar-refractivity contribution >= 4 is 16.4 Å². The molecule has 0 aliphatic heterocycles. The topological polar surface area (TPSA) is 26.0 Å². The molecule has 0 heterocycles. The molecule has 1 nitrogen and oxygen atoms in total. The highest BCUT2D eigenvalue weighted by atomic mass is 32.2. The smallest absolute Gasteiger partial charge is 0.0136 e. The molecule has 0 aliphatic rings. The van der Waals surface area contributed by atoms with Crippen LogP contribution in [0, 0.1) is 17.8 Å². The van der Waals surface area contributed by atoms with Crippen LogP contribution in [0.5, 0.6) is 0 Å². The average molecular weight is 486 g/mol. The van der Waals surface area contributed by atoms with Crippen molar-refractivity contribution in [3.63, 3.8) is 0 Å². The fraction of sp³-hybridized carbons (Fsp3) is 0.710. The molecule has 0 spiro atoms. The van der Waals surface area contributed by atoms with Crippen LogP contribution in [0.3, 0.4) is 0 Å². The van der Waals surface area contributed by atoms with E-state index in [1.807, 2.05) is 20.8 Å². The maximum absolute atomic E-state index is 4.61. The van der Waals surface area contributed by atoms with Gasteiger partial charge in [0, 0.05) is 0 Å². The Morgan fingerprint density at radius 1 is 0.909 bits per heavy atom. The van der Waals surface area contributed by atoms with E-state index >= 15 is 0 Å². The van der Waals surface area contributed by atoms with E-state index in [-0.39, 0.29) is 0 Å². The molecular weight excluding hydrogens is 418 g/mol. The van der Waals surface area contributed by atoms with E-state index in [4.69, 9.17) is 0 Å². The summed E-state index contributed by atoms with van der Waals surface area (Å²) in [7, 11) is 0.427. The first-order chi connectivity index (χ1) is 15.1. The van der Waals surface area contributed by atoms with Gasteiger partial charge in [0.15, 0.2) is 0 Å². The van der Waals surface area contributed by atoms with Crippen LogP contribution >= 0.6 is 10.5 Å². The Morgan fingerprint density at radius 2 is 1.24 bits per heavy atom. The van der Waals surface area contributed by atoms with Crippen molar-refractivity contribution in [2.75, 3.05) is 12.0 Å². The fourth-order valence-electron chi connectivity index (χ4n) is 1.95. The molecule has 0 rings (SSSR count). The van der Waals surface area contributed by atoms with E-state index in [0.717, 1.165) is 17.4 Å². The quantitative estimate of drug-likeness (QED) is 0.149. The number of rotatable bonds is 9. The summed E-state index contributed by atoms with van der Waals surface area (Å²) in [5.41, 5.74) is 8.26. The molecule has 0 saturated heterocycles. The van der Waals surface area contributed by atoms with Gasteiger partial charge in [0.2, 0.25) is 0 Å². The van der Waals surface area contributed by atoms with Gasteiger partial charge in [0.25, 0.3) is 0 Å². The highest BCUT2D eigenvalue weighted by Crippen LogP contribution is 2.22. The second-order valence-corrected chi connectivity index (χ2v) is 11.4. The van der Waals surface area contributed by atoms with Crippen molar-refractivity contribution in [2.24, 2.45) is 23.5 Å². The summed E-state index contributed by atoms with van der Waals surface area (Å²) >= 11 is 0. The third kappa shape index (κ3) is 80.5. The van der Waals surface area contributed by atoms with Gasteiger partial charge in [-0.3, -0.25) is 0 Å². The van der Waals surface area contributed by atoms with Crippen molar-refractivity contribution in [2.45, 2.75) is 115 Å². The molecular formula is C31H67NS. The van der Waals surface area contributed by atoms with E-state index < -0.39 is 0 Å². The van der Waals surface area contributed by atoms with E-state index in [0.29, 0.717) is 16.4 Å². The number of hydrogen-bond donors (Lipinski definition) is 1. The Kier molecular flexibility index (Phi) is 52.7. The first-order valence-corrected chi connectivity index (χ1v) is 14.8. The maximum atomic E-state index is 4.61. The van der Waals surface area contributed by atoms with Crippen LogP contribution in [0.2, 0.25) is 0 Å². The van der Waals surface area contributed by atoms with E-state index in [2.05, 4.69) is 106 Å². The molecule has 0 aliphatic carbocycles. The van der Waals surface area contributed by atoms with Crippen molar-refractivity contribution in [3.05, 3.63) is 49.2 Å². The van der Waals surface area contributed by atoms with Crippen LogP contribution < -0.4 is 5.73 Å². The van der Waals surface area contributed by atoms with Crippen molar-refractivity contribution in [3.8, 4) is 0 Å². The van der Waals surface area contributed by atoms with E-state index in [1.54, 1.807) is 0 Å². The molecule has 33 heavy (non-hydrogen) atoms. The lowest BCUT2D eigenvalue weighted by atomic mass is 9.90. The molecule has 2 heteroatoms. The minimum atomic E-state index is 0.427. The van der Waals surface area contributed by atoms with Gasteiger partial charge in [0.05, 0.1) is 0 Å². The highest BCUT2D eigenvalue weighted by molar-refractivity contribution is 8.13. The van der Waals surface area contributed by atoms with Crippen LogP contribution in [0.1, 0.15) is 115 Å². The summed E-state index contributed by atoms with van der Waals surface area (Å²) in [6.07, 6.45) is 9.81. The van der Waals surface area contributed by atoms with Gasteiger partial charge in [-0.15, -0.1) is 6.58 Å². The van der Waals surface area contributed by atoms with Gasteiger partial charge in [-0.25, -0.2) is 0 Å². The summed E-state index contributed by atoms with van der Waals surface area (Å²) < 4.78 is 0. The summed E-state index contributed by atoms with van der Waals surface area (Å²) in [6, 6.07) is 0. The number of nitrogens with two attached hydrogens (primary N) is 1. The van der Waals surface area contributed by atoms with Gasteiger partial charge >= 0.3 is 0 Å². The monoisotopic (exact) mass is 485 g/mol. The van der Waals surface area contributed by atoms with E-state index in [9.17, 15) is 0 Å². The van der Waals surface area contributed by atoms with Gasteiger partial charge in [0.1, 0.15) is 0 Å². The molecule has 0 amide bonds. The lowest BCUT2D eigenvalue weighted by Crippen LogP contribution is -2.03. The zero-order chi connectivity index (χ0) is 28.0. The molecule has 2 atom stereocenters. The number of hydrogen-bond acceptors (Lipinski definition) is 1. The first-order valence-electron chi connectivity index (χ1n) is 12.9. The number of allylic oxidation sites excluding steroid dienone is 3. The van der Waals surface area contributed by atoms with Crippen molar-refractivity contribution in [1.29, 1.82) is 0 Å². The Hall–Kier alpha value is -1.02. The van der Waals surface area contributed by atoms with Crippen LogP contribution in [-0.4, -0.2) is 17.9 Å². The minimum Gasteiger partial charge on any atom is -0.405 e. The SMILES string of the molecule is C=C(C)C(=C)C(C)CC(C)C.C=C(C)CCCCC.C=CN.C=S(C)CC.CC.CC(C)C. The molecule has 0 aromatic carbocycles. The molecule has 202 valence electrons. The summed E-state index contributed by atoms with van der Waals surface area (Å²) in [5.74, 6) is 7.18. The molecule has 0 radical (unpaired) electrons. The van der Waals surface area contributed by atoms with Crippen LogP contribution in [0.4, 0.5) is 0 Å². The summed E-state index contributed by atoms with van der Waals surface area (Å²) in [4.78, 5) is 0. The number of unbranched alkanes of at least 4 members (excludes halogenated alkanes) is 2. The van der Waals surface area contributed by atoms with Gasteiger partial charge in [-0.05, 0) is 69.1 Å². The standard InChI is InChI=1S/C11H20.C8H16.C4H10S.C4H10.C2H5N.C2H6/c1-8(2)7-10(5)11(6)9(3)4;1-4-5-6-7-8(2)3;1-4-5(2)3;1-4(2)3;1-2-3;1-2/h8,10H,3,6-7H2,1-2,4-5H3;2,4-7H2,1,3H3;2,4H2,1,3H3;4H,1-3H3;2H,1,3H2;1-2H3. The first kappa shape index (κ1) is 45.5. The Labute approximate surface area is 216 Å². The zero-order valence-corrected chi connectivity index (χ0v) is 26.4. The molecule has 0 aromatic rings. The summed E-state index contributed by atoms with van der Waals surface area (Å²) in [5, 5.41) is 0. The third-order valence-electron chi connectivity index (χ3n) is 3.67. The second kappa shape index (κ2) is 38.3. The second-order valence-electron chi connectivity index (χ2n) is 9.29. The average Bonchev–Trinajstić information content (AvgIpc) is 2.69. The fourth-order valence-corrected chi connectivity index (χ4v) is 1.95. The van der Waals surface area contributed by atoms with Crippen LogP contribution in [0.25, 0.3) is 0 Å². The van der Waals surface area contributed by atoms with Crippen molar-refractivity contribution < 1.29 is 0 Å². The minimum absolute atomic E-state index is 0.427. The molecule has 2 unspecified atom stereocenters. The van der Waals surface area contributed by atoms with Gasteiger partial charge in [-0.1, -0.05) is 124 Å². The zero-order valence-electron chi connectivity index (χ0n) is 25.6. The lowest BCUT2D eigenvalue weighted by Gasteiger charge is -2.16. The van der Waals surface area contributed by atoms with Crippen LogP contribution in [0.15, 0.2) is 49.2 Å². The molecule has 0 aromatic heterocycles. The Balaban J connectivity index is -0.0000000729. The summed E-state index contributed by atoms with van der Waals surface area (Å²) in [6.45, 7) is 40.5. The molecule has 0 fully saturated rings. The van der Waals surface area contributed by atoms with Crippen LogP contribution in [-0.2, 0) is 0 Å². The van der Waals surface area contributed by atoms with E-state index in [1.165, 1.54) is 55.2 Å². The normalized spacial score (nSPS) is 10.5. The van der Waals surface area contributed by atoms with Gasteiger partial charge < -0.3 is 5.73 Å². The maximum Gasteiger partial charge on any atom is -0.0136 e.